The summed E-state index contributed by atoms with van der Waals surface area (Å²) in [6.45, 7) is 2.56. The van der Waals surface area contributed by atoms with E-state index >= 15 is 8.78 Å². The van der Waals surface area contributed by atoms with Gasteiger partial charge in [-0.25, -0.2) is 23.1 Å². The third-order valence-corrected chi connectivity index (χ3v) is 14.6. The molecule has 2 aromatic carbocycles. The Bertz CT molecular complexity index is 3140. The lowest BCUT2D eigenvalue weighted by molar-refractivity contribution is -0.135. The van der Waals surface area contributed by atoms with E-state index in [2.05, 4.69) is 49.8 Å². The largest absolute Gasteiger partial charge is 0.385 e. The summed E-state index contributed by atoms with van der Waals surface area (Å²) in [5.74, 6) is 3.67. The average molecular weight is 937 g/mol. The van der Waals surface area contributed by atoms with Crippen LogP contribution >= 0.6 is 0 Å². The van der Waals surface area contributed by atoms with Gasteiger partial charge >= 0.3 is 5.69 Å². The number of pyridine rings is 1. The zero-order chi connectivity index (χ0) is 47.6. The monoisotopic (exact) mass is 936 g/mol. The summed E-state index contributed by atoms with van der Waals surface area (Å²) in [5, 5.41) is 13.5. The Morgan fingerprint density at radius 3 is 2.51 bits per heavy atom. The third kappa shape index (κ3) is 8.52. The van der Waals surface area contributed by atoms with Crippen LogP contribution in [0.15, 0.2) is 71.8 Å². The third-order valence-electron chi connectivity index (χ3n) is 14.6. The summed E-state index contributed by atoms with van der Waals surface area (Å²) in [5.41, 5.74) is 8.30. The SMILES string of the molecule is CNc1cc(N2CCc3c(-c4ccc(CN5CC[C@H](N6CCC(CC#Cc7ccc8c(c7)n(C)c(=O)n8C7CCC(=O)NC7=O)CC6)C(F)(F)C5)cn4)cccc32)nn2c(C(=O)NC3CC3)cnc12. The van der Waals surface area contributed by atoms with Crippen LogP contribution in [0.3, 0.4) is 0 Å². The highest BCUT2D eigenvalue weighted by Gasteiger charge is 2.48. The molecule has 4 aliphatic heterocycles. The first-order valence-electron chi connectivity index (χ1n) is 24.0. The van der Waals surface area contributed by atoms with Crippen LogP contribution < -0.4 is 26.5 Å². The number of hydrogen-bond donors (Lipinski definition) is 3. The van der Waals surface area contributed by atoms with Gasteiger partial charge in [0.2, 0.25) is 11.8 Å². The van der Waals surface area contributed by atoms with Gasteiger partial charge in [-0.15, -0.1) is 5.10 Å². The Balaban J connectivity index is 0.689. The lowest BCUT2D eigenvalue weighted by Crippen LogP contribution is -2.59. The van der Waals surface area contributed by atoms with E-state index in [0.29, 0.717) is 79.7 Å². The summed E-state index contributed by atoms with van der Waals surface area (Å²) in [7, 11) is 3.49. The van der Waals surface area contributed by atoms with Gasteiger partial charge in [0.05, 0.1) is 41.2 Å². The van der Waals surface area contributed by atoms with Crippen LogP contribution in [0.4, 0.5) is 26.0 Å². The van der Waals surface area contributed by atoms with Gasteiger partial charge in [0.25, 0.3) is 11.8 Å². The molecule has 11 rings (SSSR count). The lowest BCUT2D eigenvalue weighted by Gasteiger charge is -2.45. The number of rotatable bonds is 10. The number of benzene rings is 2. The Morgan fingerprint density at radius 2 is 1.75 bits per heavy atom. The first-order chi connectivity index (χ1) is 33.4. The highest BCUT2D eigenvalue weighted by atomic mass is 19.3. The van der Waals surface area contributed by atoms with Crippen molar-refractivity contribution < 1.29 is 23.2 Å². The summed E-state index contributed by atoms with van der Waals surface area (Å²) >= 11 is 0. The molecule has 69 heavy (non-hydrogen) atoms. The van der Waals surface area contributed by atoms with Gasteiger partial charge in [0.15, 0.2) is 17.2 Å². The number of anilines is 3. The van der Waals surface area contributed by atoms with Crippen LogP contribution in [0.2, 0.25) is 0 Å². The molecule has 1 aliphatic carbocycles. The van der Waals surface area contributed by atoms with E-state index in [1.807, 2.05) is 59.4 Å². The molecule has 3 N–H and O–H groups in total. The van der Waals surface area contributed by atoms with Crippen LogP contribution in [0.25, 0.3) is 27.9 Å². The highest BCUT2D eigenvalue weighted by molar-refractivity contribution is 6.00. The number of imidazole rings is 2. The number of aryl methyl sites for hydroxylation is 1. The van der Waals surface area contributed by atoms with Gasteiger partial charge in [-0.3, -0.25) is 43.6 Å². The molecule has 0 spiro atoms. The summed E-state index contributed by atoms with van der Waals surface area (Å²) < 4.78 is 36.5. The van der Waals surface area contributed by atoms with Gasteiger partial charge in [-0.05, 0) is 105 Å². The molecule has 3 saturated heterocycles. The molecular weight excluding hydrogens is 883 g/mol. The normalized spacial score (nSPS) is 21.0. The predicted octanol–water partition coefficient (Wildman–Crippen LogP) is 5.41. The number of carbonyl (C=O) groups excluding carboxylic acids is 3. The van der Waals surface area contributed by atoms with E-state index in [0.717, 1.165) is 71.4 Å². The minimum Gasteiger partial charge on any atom is -0.385 e. The summed E-state index contributed by atoms with van der Waals surface area (Å²) in [6, 6.07) is 16.2. The number of likely N-dealkylation sites (tertiary alicyclic amines) is 2. The lowest BCUT2D eigenvalue weighted by atomic mass is 9.90. The molecule has 0 bridgehead atoms. The molecule has 2 atom stereocenters. The maximum atomic E-state index is 16.0. The number of nitrogens with one attached hydrogen (secondary N) is 3. The number of aromatic nitrogens is 6. The molecular formula is C51H54F2N12O4. The molecule has 1 unspecified atom stereocenters. The number of imide groups is 1. The number of alkyl halides is 2. The second kappa shape index (κ2) is 17.8. The zero-order valence-corrected chi connectivity index (χ0v) is 38.7. The van der Waals surface area contributed by atoms with E-state index in [-0.39, 0.29) is 42.9 Å². The Morgan fingerprint density at radius 1 is 0.913 bits per heavy atom. The second-order valence-electron chi connectivity index (χ2n) is 19.2. The first-order valence-corrected chi connectivity index (χ1v) is 24.0. The molecule has 16 nitrogen and oxygen atoms in total. The van der Waals surface area contributed by atoms with Crippen molar-refractivity contribution in [1.82, 2.24) is 49.1 Å². The smallest absolute Gasteiger partial charge is 0.329 e. The van der Waals surface area contributed by atoms with E-state index < -0.39 is 23.9 Å². The standard InChI is InChI=1S/C51H54F2N12O4/c1-54-38-26-45(59-65-43(28-56-47(38)65)49(68)57-34-11-12-34)63-24-19-36-35(7-4-8-39(36)63)37-13-9-33(27-55-37)29-61-21-20-44(51(52,53)30-61)62-22-17-31(18-23-62)5-3-6-32-10-14-40-42(25-32)60(2)50(69)64(40)41-15-16-46(66)58-48(41)67/h4,7-10,13-14,25-28,31,34,41,44,54H,5,11-12,15-24,29-30H2,1-2H3,(H,57,68)(H,58,66,67)/t41?,44-/m0/s1. The number of nitrogens with zero attached hydrogens (tertiary/aromatic N) is 9. The Kier molecular flexibility index (Phi) is 11.5. The maximum absolute atomic E-state index is 16.0. The van der Waals surface area contributed by atoms with Gasteiger partial charge < -0.3 is 15.5 Å². The molecule has 0 radical (unpaired) electrons. The number of amides is 3. The minimum atomic E-state index is -2.86. The molecule has 3 amide bonds. The van der Waals surface area contributed by atoms with Gasteiger partial charge in [-0.1, -0.05) is 30.0 Å². The molecule has 8 heterocycles. The summed E-state index contributed by atoms with van der Waals surface area (Å²) in [4.78, 5) is 65.8. The number of halogens is 2. The van der Waals surface area contributed by atoms with Crippen molar-refractivity contribution in [3.8, 4) is 23.1 Å². The Hall–Kier alpha value is -6.97. The van der Waals surface area contributed by atoms with Crippen molar-refractivity contribution in [3.63, 3.8) is 0 Å². The van der Waals surface area contributed by atoms with E-state index in [1.54, 1.807) is 23.8 Å². The predicted molar refractivity (Wildman–Crippen MR) is 256 cm³/mol. The van der Waals surface area contributed by atoms with Crippen molar-refractivity contribution in [2.24, 2.45) is 13.0 Å². The fraction of sp³-hybridized carbons (Fsp3) is 0.431. The molecule has 4 aromatic heterocycles. The van der Waals surface area contributed by atoms with Crippen LogP contribution in [0.1, 0.15) is 84.6 Å². The molecule has 6 aromatic rings. The molecule has 1 saturated carbocycles. The minimum absolute atomic E-state index is 0.176. The maximum Gasteiger partial charge on any atom is 0.329 e. The van der Waals surface area contributed by atoms with Crippen molar-refractivity contribution in [2.45, 2.75) is 88.4 Å². The number of hydrogen-bond acceptors (Lipinski definition) is 11. The van der Waals surface area contributed by atoms with E-state index in [9.17, 15) is 19.2 Å². The van der Waals surface area contributed by atoms with Crippen molar-refractivity contribution >= 4 is 51.6 Å². The zero-order valence-electron chi connectivity index (χ0n) is 38.7. The van der Waals surface area contributed by atoms with Crippen LogP contribution in [-0.2, 0) is 29.6 Å². The average Bonchev–Trinajstić information content (AvgIpc) is 3.77. The highest BCUT2D eigenvalue weighted by Crippen LogP contribution is 2.40. The number of piperidine rings is 3. The molecule has 5 aliphatic rings. The molecule has 356 valence electrons. The first kappa shape index (κ1) is 44.5. The van der Waals surface area contributed by atoms with Gasteiger partial charge in [0.1, 0.15) is 6.04 Å². The number of fused-ring (bicyclic) bond motifs is 3. The molecule has 18 heteroatoms. The van der Waals surface area contributed by atoms with E-state index in [4.69, 9.17) is 10.1 Å². The van der Waals surface area contributed by atoms with Gasteiger partial charge in [-0.2, -0.15) is 0 Å². The Labute approximate surface area is 397 Å². The second-order valence-corrected chi connectivity index (χ2v) is 19.2. The van der Waals surface area contributed by atoms with Crippen molar-refractivity contribution in [3.05, 3.63) is 99.9 Å². The topological polar surface area (TPSA) is 167 Å². The number of carbonyl (C=O) groups is 3. The fourth-order valence-corrected chi connectivity index (χ4v) is 10.8. The van der Waals surface area contributed by atoms with Gasteiger partial charge in [0, 0.05) is 81.7 Å². The van der Waals surface area contributed by atoms with Crippen molar-refractivity contribution in [2.75, 3.05) is 50.0 Å². The summed E-state index contributed by atoms with van der Waals surface area (Å²) in [6.07, 6.45) is 9.20. The fourth-order valence-electron chi connectivity index (χ4n) is 10.8. The quantitative estimate of drug-likeness (QED) is 0.119. The van der Waals surface area contributed by atoms with Crippen LogP contribution in [0.5, 0.6) is 0 Å². The molecule has 4 fully saturated rings. The van der Waals surface area contributed by atoms with Crippen LogP contribution in [-0.4, -0.2) is 114 Å². The van der Waals surface area contributed by atoms with Crippen LogP contribution in [0, 0.1) is 17.8 Å². The van der Waals surface area contributed by atoms with Crippen molar-refractivity contribution in [1.29, 1.82) is 0 Å². The van der Waals surface area contributed by atoms with E-state index in [1.165, 1.54) is 9.13 Å².